The average molecular weight is 524 g/mol. The summed E-state index contributed by atoms with van der Waals surface area (Å²) in [6.07, 6.45) is 0. The fourth-order valence-corrected chi connectivity index (χ4v) is 4.74. The molecule has 0 saturated carbocycles. The van der Waals surface area contributed by atoms with E-state index in [1.807, 2.05) is 34.9 Å². The highest BCUT2D eigenvalue weighted by atomic mass is 32.2. The lowest BCUT2D eigenvalue weighted by Gasteiger charge is -2.11. The second kappa shape index (κ2) is 11.6. The monoisotopic (exact) mass is 523 g/mol. The fourth-order valence-electron chi connectivity index (χ4n) is 3.17. The zero-order valence-corrected chi connectivity index (χ0v) is 20.6. The molecule has 4 aromatic rings. The van der Waals surface area contributed by atoms with E-state index in [-0.39, 0.29) is 28.6 Å². The molecule has 1 amide bonds. The van der Waals surface area contributed by atoms with Gasteiger partial charge in [-0.1, -0.05) is 53.9 Å². The van der Waals surface area contributed by atoms with Gasteiger partial charge in [-0.05, 0) is 24.3 Å². The van der Waals surface area contributed by atoms with Crippen molar-refractivity contribution < 1.29 is 14.3 Å². The predicted octanol–water partition coefficient (Wildman–Crippen LogP) is 2.74. The van der Waals surface area contributed by atoms with Gasteiger partial charge in [0.1, 0.15) is 11.6 Å². The quantitative estimate of drug-likeness (QED) is 0.169. The van der Waals surface area contributed by atoms with Gasteiger partial charge in [0.2, 0.25) is 5.91 Å². The van der Waals surface area contributed by atoms with Gasteiger partial charge in [0.25, 0.3) is 5.56 Å². The fraction of sp³-hybridized carbons (Fsp3) is 0.130. The van der Waals surface area contributed by atoms with Crippen molar-refractivity contribution in [3.8, 4) is 5.69 Å². The van der Waals surface area contributed by atoms with Crippen LogP contribution < -0.4 is 16.6 Å². The molecule has 2 heterocycles. The third-order valence-electron chi connectivity index (χ3n) is 4.73. The van der Waals surface area contributed by atoms with Crippen LogP contribution >= 0.6 is 23.5 Å². The highest BCUT2D eigenvalue weighted by molar-refractivity contribution is 7.99. The van der Waals surface area contributed by atoms with Gasteiger partial charge in [-0.3, -0.25) is 14.2 Å². The molecule has 0 aliphatic rings. The van der Waals surface area contributed by atoms with Crippen LogP contribution in [0.25, 0.3) is 5.69 Å². The van der Waals surface area contributed by atoms with Crippen LogP contribution in [0.5, 0.6) is 0 Å². The van der Waals surface area contributed by atoms with E-state index in [1.54, 1.807) is 24.3 Å². The first-order valence-electron chi connectivity index (χ1n) is 10.5. The standard InChI is InChI=1S/C23H21N7O4S2/c1-34-21(33)15-9-5-6-10-16(15)25-20(32)13-36-23-29-28-18(30(23)14-7-3-2-4-8-14)12-35-22-26-17(24)11-19(31)27-22/h2-11H,12-13H2,1H3,(H,25,32)(H3,24,26,27,31). The topological polar surface area (TPSA) is 158 Å². The minimum atomic E-state index is -0.541. The van der Waals surface area contributed by atoms with Gasteiger partial charge in [0.05, 0.1) is 29.9 Å². The van der Waals surface area contributed by atoms with Gasteiger partial charge >= 0.3 is 5.97 Å². The highest BCUT2D eigenvalue weighted by Crippen LogP contribution is 2.26. The molecule has 0 spiro atoms. The maximum Gasteiger partial charge on any atom is 0.339 e. The molecule has 0 bridgehead atoms. The van der Waals surface area contributed by atoms with Gasteiger partial charge in [-0.15, -0.1) is 10.2 Å². The van der Waals surface area contributed by atoms with Crippen molar-refractivity contribution in [1.82, 2.24) is 24.7 Å². The molecule has 0 unspecified atom stereocenters. The molecule has 184 valence electrons. The predicted molar refractivity (Wildman–Crippen MR) is 137 cm³/mol. The van der Waals surface area contributed by atoms with E-state index in [2.05, 4.69) is 25.5 Å². The van der Waals surface area contributed by atoms with Crippen LogP contribution in [0.2, 0.25) is 0 Å². The number of rotatable bonds is 9. The van der Waals surface area contributed by atoms with Crippen LogP contribution in [-0.4, -0.2) is 49.5 Å². The van der Waals surface area contributed by atoms with Crippen molar-refractivity contribution in [3.05, 3.63) is 82.4 Å². The summed E-state index contributed by atoms with van der Waals surface area (Å²) in [6.45, 7) is 0. The number of hydrogen-bond donors (Lipinski definition) is 3. The molecule has 2 aromatic heterocycles. The Hall–Kier alpha value is -4.10. The number of para-hydroxylation sites is 2. The number of carbonyl (C=O) groups is 2. The number of benzene rings is 2. The lowest BCUT2D eigenvalue weighted by Crippen LogP contribution is -2.17. The van der Waals surface area contributed by atoms with Crippen LogP contribution in [0.15, 0.2) is 75.8 Å². The summed E-state index contributed by atoms with van der Waals surface area (Å²) < 4.78 is 6.60. The lowest BCUT2D eigenvalue weighted by atomic mass is 10.2. The maximum atomic E-state index is 12.7. The number of H-pyrrole nitrogens is 1. The molecule has 4 rings (SSSR count). The third-order valence-corrected chi connectivity index (χ3v) is 6.53. The van der Waals surface area contributed by atoms with Crippen molar-refractivity contribution in [2.45, 2.75) is 16.1 Å². The van der Waals surface area contributed by atoms with E-state index in [4.69, 9.17) is 10.5 Å². The van der Waals surface area contributed by atoms with Crippen LogP contribution in [0.4, 0.5) is 11.5 Å². The van der Waals surface area contributed by atoms with E-state index in [0.717, 1.165) is 5.69 Å². The highest BCUT2D eigenvalue weighted by Gasteiger charge is 2.18. The van der Waals surface area contributed by atoms with E-state index in [1.165, 1.54) is 36.7 Å². The molecule has 4 N–H and O–H groups in total. The number of nitrogen functional groups attached to an aromatic ring is 1. The number of nitrogens with two attached hydrogens (primary N) is 1. The molecular weight excluding hydrogens is 502 g/mol. The molecule has 0 fully saturated rings. The number of aromatic nitrogens is 5. The molecule has 11 nitrogen and oxygen atoms in total. The third kappa shape index (κ3) is 6.12. The van der Waals surface area contributed by atoms with E-state index in [9.17, 15) is 14.4 Å². The number of aromatic amines is 1. The summed E-state index contributed by atoms with van der Waals surface area (Å²) in [5.41, 5.74) is 6.76. The Bertz CT molecular complexity index is 1440. The molecule has 2 aromatic carbocycles. The Balaban J connectivity index is 1.51. The van der Waals surface area contributed by atoms with Crippen LogP contribution in [0.1, 0.15) is 16.2 Å². The van der Waals surface area contributed by atoms with E-state index >= 15 is 0 Å². The average Bonchev–Trinajstić information content (AvgIpc) is 3.29. The van der Waals surface area contributed by atoms with Crippen molar-refractivity contribution >= 4 is 46.9 Å². The summed E-state index contributed by atoms with van der Waals surface area (Å²) in [7, 11) is 1.28. The first kappa shape index (κ1) is 25.0. The molecule has 0 atom stereocenters. The lowest BCUT2D eigenvalue weighted by molar-refractivity contribution is -0.113. The maximum absolute atomic E-state index is 12.7. The summed E-state index contributed by atoms with van der Waals surface area (Å²) >= 11 is 2.45. The first-order valence-corrected chi connectivity index (χ1v) is 12.5. The number of hydrogen-bond acceptors (Lipinski definition) is 10. The van der Waals surface area contributed by atoms with Crippen LogP contribution in [0, 0.1) is 0 Å². The zero-order valence-electron chi connectivity index (χ0n) is 19.0. The summed E-state index contributed by atoms with van der Waals surface area (Å²) in [6, 6.07) is 17.3. The molecule has 36 heavy (non-hydrogen) atoms. The number of methoxy groups -OCH3 is 1. The second-order valence-corrected chi connectivity index (χ2v) is 9.11. The van der Waals surface area contributed by atoms with Gasteiger partial charge < -0.3 is 20.8 Å². The minimum Gasteiger partial charge on any atom is -0.465 e. The number of anilines is 2. The van der Waals surface area contributed by atoms with Crippen molar-refractivity contribution in [2.75, 3.05) is 23.9 Å². The Morgan fingerprint density at radius 2 is 1.83 bits per heavy atom. The van der Waals surface area contributed by atoms with Gasteiger partial charge in [-0.25, -0.2) is 9.78 Å². The zero-order chi connectivity index (χ0) is 25.5. The van der Waals surface area contributed by atoms with E-state index < -0.39 is 5.97 Å². The molecule has 0 aliphatic carbocycles. The summed E-state index contributed by atoms with van der Waals surface area (Å²) in [4.78, 5) is 43.1. The SMILES string of the molecule is COC(=O)c1ccccc1NC(=O)CSc1nnc(CSc2nc(N)cc(=O)[nH]2)n1-c1ccccc1. The van der Waals surface area contributed by atoms with Gasteiger partial charge in [-0.2, -0.15) is 0 Å². The summed E-state index contributed by atoms with van der Waals surface area (Å²) in [5, 5.41) is 12.2. The second-order valence-electron chi connectivity index (χ2n) is 7.21. The Morgan fingerprint density at radius 3 is 2.58 bits per heavy atom. The largest absolute Gasteiger partial charge is 0.465 e. The van der Waals surface area contributed by atoms with Crippen molar-refractivity contribution in [3.63, 3.8) is 0 Å². The minimum absolute atomic E-state index is 0.0255. The summed E-state index contributed by atoms with van der Waals surface area (Å²) in [5.74, 6) is 0.222. The number of nitrogens with zero attached hydrogens (tertiary/aromatic N) is 4. The van der Waals surface area contributed by atoms with Gasteiger partial charge in [0, 0.05) is 11.8 Å². The normalized spacial score (nSPS) is 10.7. The smallest absolute Gasteiger partial charge is 0.339 e. The number of carbonyl (C=O) groups excluding carboxylic acids is 2. The van der Waals surface area contributed by atoms with Crippen molar-refractivity contribution in [2.24, 2.45) is 0 Å². The van der Waals surface area contributed by atoms with Crippen molar-refractivity contribution in [1.29, 1.82) is 0 Å². The number of thioether (sulfide) groups is 2. The van der Waals surface area contributed by atoms with Gasteiger partial charge in [0.15, 0.2) is 10.3 Å². The Labute approximate surface area is 213 Å². The number of amides is 1. The number of nitrogens with one attached hydrogen (secondary N) is 2. The van der Waals surface area contributed by atoms with Crippen LogP contribution in [-0.2, 0) is 15.3 Å². The van der Waals surface area contributed by atoms with E-state index in [0.29, 0.717) is 27.6 Å². The Kier molecular flexibility index (Phi) is 8.02. The van der Waals surface area contributed by atoms with Crippen LogP contribution in [0.3, 0.4) is 0 Å². The molecule has 0 saturated heterocycles. The Morgan fingerprint density at radius 1 is 1.08 bits per heavy atom. The molecule has 13 heteroatoms. The molecule has 0 aliphatic heterocycles. The number of esters is 1. The molecular formula is C23H21N7O4S2. The number of ether oxygens (including phenoxy) is 1. The first-order chi connectivity index (χ1) is 17.4. The molecule has 0 radical (unpaired) electrons.